The maximum Gasteiger partial charge on any atom is 0.242 e. The van der Waals surface area contributed by atoms with E-state index < -0.39 is 16.1 Å². The predicted molar refractivity (Wildman–Crippen MR) is 118 cm³/mol. The van der Waals surface area contributed by atoms with Crippen LogP contribution in [0.5, 0.6) is 5.88 Å². The minimum Gasteiger partial charge on any atom is -0.481 e. The summed E-state index contributed by atoms with van der Waals surface area (Å²) in [5.74, 6) is 0.726. The molecule has 0 fully saturated rings. The van der Waals surface area contributed by atoms with Gasteiger partial charge in [0.25, 0.3) is 0 Å². The summed E-state index contributed by atoms with van der Waals surface area (Å²) in [7, 11) is -1.83. The first-order valence-corrected chi connectivity index (χ1v) is 11.5. The van der Waals surface area contributed by atoms with Crippen LogP contribution in [-0.2, 0) is 14.8 Å². The standard InChI is InChI=1S/C18H22ClN7O4S/c1-10(18(27)20-4-5-23-31(3,28)29)24-14-7-15(30-2)26-17(25-14)13-9-22-16-12(13)6-11(19)8-21-16/h6-10,23H,4-5H2,1-3H3,(H,20,27)(H,21,22)(H,24,25,26)/t10-/m0/s1. The van der Waals surface area contributed by atoms with E-state index in [1.165, 1.54) is 13.3 Å². The molecule has 0 aliphatic rings. The van der Waals surface area contributed by atoms with Crippen molar-refractivity contribution >= 4 is 44.4 Å². The highest BCUT2D eigenvalue weighted by molar-refractivity contribution is 7.88. The normalized spacial score (nSPS) is 12.5. The van der Waals surface area contributed by atoms with Gasteiger partial charge in [0.2, 0.25) is 21.8 Å². The van der Waals surface area contributed by atoms with Crippen molar-refractivity contribution in [2.24, 2.45) is 0 Å². The number of nitrogens with zero attached hydrogens (tertiary/aromatic N) is 3. The first kappa shape index (κ1) is 22.7. The topological polar surface area (TPSA) is 151 Å². The number of amides is 1. The molecule has 0 unspecified atom stereocenters. The van der Waals surface area contributed by atoms with Gasteiger partial charge < -0.3 is 20.4 Å². The van der Waals surface area contributed by atoms with Gasteiger partial charge in [-0.1, -0.05) is 11.6 Å². The third-order valence-electron chi connectivity index (χ3n) is 4.20. The molecule has 3 aromatic heterocycles. The van der Waals surface area contributed by atoms with Crippen LogP contribution in [0.25, 0.3) is 22.4 Å². The fourth-order valence-electron chi connectivity index (χ4n) is 2.75. The summed E-state index contributed by atoms with van der Waals surface area (Å²) < 4.78 is 29.7. The summed E-state index contributed by atoms with van der Waals surface area (Å²) in [6.45, 7) is 1.91. The summed E-state index contributed by atoms with van der Waals surface area (Å²) in [6.07, 6.45) is 4.31. The van der Waals surface area contributed by atoms with Crippen LogP contribution in [0.15, 0.2) is 24.5 Å². The minimum absolute atomic E-state index is 0.0972. The van der Waals surface area contributed by atoms with Gasteiger partial charge in [0.15, 0.2) is 5.82 Å². The highest BCUT2D eigenvalue weighted by Gasteiger charge is 2.17. The zero-order valence-electron chi connectivity index (χ0n) is 17.1. The van der Waals surface area contributed by atoms with E-state index in [0.29, 0.717) is 33.8 Å². The van der Waals surface area contributed by atoms with Crippen molar-refractivity contribution in [2.45, 2.75) is 13.0 Å². The molecule has 13 heteroatoms. The molecule has 3 rings (SSSR count). The van der Waals surface area contributed by atoms with Crippen molar-refractivity contribution in [3.05, 3.63) is 29.5 Å². The number of methoxy groups -OCH3 is 1. The van der Waals surface area contributed by atoms with E-state index in [4.69, 9.17) is 16.3 Å². The monoisotopic (exact) mass is 467 g/mol. The third kappa shape index (κ3) is 6.03. The number of ether oxygens (including phenoxy) is 1. The summed E-state index contributed by atoms with van der Waals surface area (Å²) in [5, 5.41) is 6.87. The van der Waals surface area contributed by atoms with Crippen molar-refractivity contribution < 1.29 is 17.9 Å². The SMILES string of the molecule is COc1cc(N[C@@H](C)C(=O)NCCNS(C)(=O)=O)nc(-c2c[nH]c3ncc(Cl)cc23)n1. The molecule has 1 atom stereocenters. The van der Waals surface area contributed by atoms with Gasteiger partial charge in [0.1, 0.15) is 17.5 Å². The maximum absolute atomic E-state index is 12.3. The number of aromatic nitrogens is 4. The quantitative estimate of drug-likeness (QED) is 0.342. The number of carbonyl (C=O) groups excluding carboxylic acids is 1. The molecule has 0 spiro atoms. The number of anilines is 1. The fourth-order valence-corrected chi connectivity index (χ4v) is 3.38. The highest BCUT2D eigenvalue weighted by Crippen LogP contribution is 2.29. The second-order valence-corrected chi connectivity index (χ2v) is 8.96. The van der Waals surface area contributed by atoms with Crippen molar-refractivity contribution in [3.63, 3.8) is 0 Å². The Kier molecular flexibility index (Phi) is 6.93. The molecule has 31 heavy (non-hydrogen) atoms. The Hall–Kier alpha value is -2.96. The average Bonchev–Trinajstić information content (AvgIpc) is 3.13. The molecule has 4 N–H and O–H groups in total. The van der Waals surface area contributed by atoms with Gasteiger partial charge in [-0.3, -0.25) is 4.79 Å². The van der Waals surface area contributed by atoms with Gasteiger partial charge in [-0.2, -0.15) is 4.98 Å². The van der Waals surface area contributed by atoms with E-state index in [9.17, 15) is 13.2 Å². The Morgan fingerprint density at radius 3 is 2.77 bits per heavy atom. The molecule has 0 bridgehead atoms. The molecule has 0 aliphatic heterocycles. The van der Waals surface area contributed by atoms with Crippen LogP contribution in [-0.4, -0.2) is 66.8 Å². The Morgan fingerprint density at radius 2 is 2.06 bits per heavy atom. The second-order valence-electron chi connectivity index (χ2n) is 6.69. The van der Waals surface area contributed by atoms with Crippen molar-refractivity contribution in [1.82, 2.24) is 30.0 Å². The number of hydrogen-bond acceptors (Lipinski definition) is 8. The lowest BCUT2D eigenvalue weighted by Gasteiger charge is -2.15. The number of sulfonamides is 1. The van der Waals surface area contributed by atoms with Crippen LogP contribution >= 0.6 is 11.6 Å². The smallest absolute Gasteiger partial charge is 0.242 e. The highest BCUT2D eigenvalue weighted by atomic mass is 35.5. The zero-order valence-corrected chi connectivity index (χ0v) is 18.6. The summed E-state index contributed by atoms with van der Waals surface area (Å²) in [6, 6.07) is 2.68. The molecule has 1 amide bonds. The van der Waals surface area contributed by atoms with E-state index in [-0.39, 0.29) is 19.0 Å². The molecule has 3 heterocycles. The number of nitrogens with one attached hydrogen (secondary N) is 4. The van der Waals surface area contributed by atoms with Crippen molar-refractivity contribution in [1.29, 1.82) is 0 Å². The molecule has 0 aliphatic carbocycles. The zero-order chi connectivity index (χ0) is 22.6. The van der Waals surface area contributed by atoms with Crippen molar-refractivity contribution in [2.75, 3.05) is 31.8 Å². The molecule has 0 radical (unpaired) electrons. The van der Waals surface area contributed by atoms with E-state index in [1.54, 1.807) is 25.3 Å². The number of pyridine rings is 1. The number of hydrogen-bond donors (Lipinski definition) is 4. The van der Waals surface area contributed by atoms with Crippen LogP contribution < -0.4 is 20.1 Å². The molecule has 3 aromatic rings. The van der Waals surface area contributed by atoms with Gasteiger partial charge in [-0.05, 0) is 13.0 Å². The van der Waals surface area contributed by atoms with E-state index >= 15 is 0 Å². The fraction of sp³-hybridized carbons (Fsp3) is 0.333. The van der Waals surface area contributed by atoms with E-state index in [1.807, 2.05) is 0 Å². The maximum atomic E-state index is 12.3. The number of rotatable bonds is 9. The van der Waals surface area contributed by atoms with Gasteiger partial charge in [-0.25, -0.2) is 23.1 Å². The molecule has 0 saturated carbocycles. The van der Waals surface area contributed by atoms with Gasteiger partial charge in [0.05, 0.1) is 18.4 Å². The van der Waals surface area contributed by atoms with Crippen LogP contribution in [0.1, 0.15) is 6.92 Å². The molecular formula is C18H22ClN7O4S. The first-order valence-electron chi connectivity index (χ1n) is 9.21. The lowest BCUT2D eigenvalue weighted by molar-refractivity contribution is -0.121. The van der Waals surface area contributed by atoms with Crippen LogP contribution in [0.3, 0.4) is 0 Å². The molecule has 0 aromatic carbocycles. The van der Waals surface area contributed by atoms with Gasteiger partial charge in [-0.15, -0.1) is 0 Å². The Bertz CT molecular complexity index is 1200. The number of carbonyl (C=O) groups is 1. The number of halogens is 1. The largest absolute Gasteiger partial charge is 0.481 e. The minimum atomic E-state index is -3.31. The number of fused-ring (bicyclic) bond motifs is 1. The lowest BCUT2D eigenvalue weighted by Crippen LogP contribution is -2.41. The summed E-state index contributed by atoms with van der Waals surface area (Å²) >= 11 is 6.07. The molecular weight excluding hydrogens is 446 g/mol. The van der Waals surface area contributed by atoms with Crippen molar-refractivity contribution in [3.8, 4) is 17.3 Å². The van der Waals surface area contributed by atoms with E-state index in [0.717, 1.165) is 11.6 Å². The summed E-state index contributed by atoms with van der Waals surface area (Å²) in [5.41, 5.74) is 1.31. The van der Waals surface area contributed by atoms with Crippen LogP contribution in [0.4, 0.5) is 5.82 Å². The molecule has 11 nitrogen and oxygen atoms in total. The molecule has 166 valence electrons. The third-order valence-corrected chi connectivity index (χ3v) is 5.13. The second kappa shape index (κ2) is 9.45. The first-order chi connectivity index (χ1) is 14.7. The van der Waals surface area contributed by atoms with Gasteiger partial charge >= 0.3 is 0 Å². The average molecular weight is 468 g/mol. The Labute approximate surface area is 184 Å². The number of H-pyrrole nitrogens is 1. The molecule has 0 saturated heterocycles. The summed E-state index contributed by atoms with van der Waals surface area (Å²) in [4.78, 5) is 28.4. The van der Waals surface area contributed by atoms with E-state index in [2.05, 4.69) is 35.3 Å². The van der Waals surface area contributed by atoms with Crippen LogP contribution in [0, 0.1) is 0 Å². The number of aromatic amines is 1. The van der Waals surface area contributed by atoms with Gasteiger partial charge in [0, 0.05) is 42.5 Å². The van der Waals surface area contributed by atoms with Crippen LogP contribution in [0.2, 0.25) is 5.02 Å². The Balaban J connectivity index is 1.76. The Morgan fingerprint density at radius 1 is 1.29 bits per heavy atom. The lowest BCUT2D eigenvalue weighted by atomic mass is 10.2. The predicted octanol–water partition coefficient (Wildman–Crippen LogP) is 1.15.